The van der Waals surface area contributed by atoms with E-state index in [1.807, 2.05) is 6.07 Å². The number of ether oxygens (including phenoxy) is 1. The number of pyridine rings is 1. The van der Waals surface area contributed by atoms with Crippen LogP contribution < -0.4 is 0 Å². The quantitative estimate of drug-likeness (QED) is 0.736. The Balaban J connectivity index is 2.89. The molecule has 1 unspecified atom stereocenters. The van der Waals surface area contributed by atoms with E-state index in [9.17, 15) is 4.79 Å². The number of carbonyl (C=O) groups is 1. The van der Waals surface area contributed by atoms with Gasteiger partial charge < -0.3 is 4.74 Å². The standard InChI is InChI=1S/C10H9ClN2O2/c1-2-15-10(14)8(5-12)9-4-3-7(11)6-13-9/h3-4,6,8H,2H2,1H3. The van der Waals surface area contributed by atoms with Gasteiger partial charge in [-0.2, -0.15) is 5.26 Å². The molecular weight excluding hydrogens is 216 g/mol. The maximum Gasteiger partial charge on any atom is 0.329 e. The topological polar surface area (TPSA) is 63.0 Å². The lowest BCUT2D eigenvalue weighted by atomic mass is 10.1. The Hall–Kier alpha value is -1.60. The molecule has 0 radical (unpaired) electrons. The zero-order valence-corrected chi connectivity index (χ0v) is 8.86. The zero-order chi connectivity index (χ0) is 11.3. The fourth-order valence-electron chi connectivity index (χ4n) is 1.02. The molecule has 4 nitrogen and oxygen atoms in total. The van der Waals surface area contributed by atoms with Crippen molar-refractivity contribution in [2.24, 2.45) is 0 Å². The predicted molar refractivity (Wildman–Crippen MR) is 54.2 cm³/mol. The molecule has 5 heteroatoms. The highest BCUT2D eigenvalue weighted by molar-refractivity contribution is 6.30. The minimum absolute atomic E-state index is 0.241. The third-order valence-electron chi connectivity index (χ3n) is 1.70. The number of halogens is 1. The minimum Gasteiger partial charge on any atom is -0.465 e. The molecular formula is C10H9ClN2O2. The number of carbonyl (C=O) groups excluding carboxylic acids is 1. The molecule has 1 aromatic heterocycles. The van der Waals surface area contributed by atoms with Crippen molar-refractivity contribution in [1.29, 1.82) is 5.26 Å². The van der Waals surface area contributed by atoms with Crippen LogP contribution in [-0.2, 0) is 9.53 Å². The van der Waals surface area contributed by atoms with Crippen LogP contribution in [0.3, 0.4) is 0 Å². The molecule has 0 aromatic carbocycles. The van der Waals surface area contributed by atoms with Crippen LogP contribution in [0, 0.1) is 11.3 Å². The molecule has 0 spiro atoms. The van der Waals surface area contributed by atoms with Gasteiger partial charge in [0.1, 0.15) is 0 Å². The lowest BCUT2D eigenvalue weighted by molar-refractivity contribution is -0.143. The van der Waals surface area contributed by atoms with Gasteiger partial charge in [-0.15, -0.1) is 0 Å². The Labute approximate surface area is 92.4 Å². The van der Waals surface area contributed by atoms with Crippen LogP contribution in [0.1, 0.15) is 18.5 Å². The monoisotopic (exact) mass is 224 g/mol. The van der Waals surface area contributed by atoms with Crippen LogP contribution in [0.5, 0.6) is 0 Å². The van der Waals surface area contributed by atoms with E-state index in [0.717, 1.165) is 0 Å². The Morgan fingerprint density at radius 1 is 1.73 bits per heavy atom. The van der Waals surface area contributed by atoms with Crippen molar-refractivity contribution >= 4 is 17.6 Å². The first-order valence-electron chi connectivity index (χ1n) is 4.36. The van der Waals surface area contributed by atoms with Gasteiger partial charge in [-0.1, -0.05) is 11.6 Å². The highest BCUT2D eigenvalue weighted by Crippen LogP contribution is 2.16. The second-order valence-corrected chi connectivity index (χ2v) is 3.15. The van der Waals surface area contributed by atoms with Gasteiger partial charge in [-0.3, -0.25) is 9.78 Å². The molecule has 78 valence electrons. The van der Waals surface area contributed by atoms with Gasteiger partial charge in [0, 0.05) is 6.20 Å². The Morgan fingerprint density at radius 3 is 2.93 bits per heavy atom. The summed E-state index contributed by atoms with van der Waals surface area (Å²) < 4.78 is 4.75. The lowest BCUT2D eigenvalue weighted by Crippen LogP contribution is -2.15. The smallest absolute Gasteiger partial charge is 0.329 e. The Bertz CT molecular complexity index is 383. The number of nitrogens with zero attached hydrogens (tertiary/aromatic N) is 2. The zero-order valence-electron chi connectivity index (χ0n) is 8.11. The average Bonchev–Trinajstić information content (AvgIpc) is 2.22. The predicted octanol–water partition coefficient (Wildman–Crippen LogP) is 1.91. The third kappa shape index (κ3) is 2.93. The van der Waals surface area contributed by atoms with E-state index in [-0.39, 0.29) is 6.61 Å². The van der Waals surface area contributed by atoms with E-state index in [1.165, 1.54) is 12.3 Å². The molecule has 15 heavy (non-hydrogen) atoms. The van der Waals surface area contributed by atoms with Crippen molar-refractivity contribution in [2.45, 2.75) is 12.8 Å². The SMILES string of the molecule is CCOC(=O)C(C#N)c1ccc(Cl)cn1. The van der Waals surface area contributed by atoms with Crippen molar-refractivity contribution in [3.05, 3.63) is 29.0 Å². The van der Waals surface area contributed by atoms with E-state index >= 15 is 0 Å². The molecule has 0 saturated heterocycles. The second kappa shape index (κ2) is 5.32. The summed E-state index contributed by atoms with van der Waals surface area (Å²) in [6.07, 6.45) is 1.39. The summed E-state index contributed by atoms with van der Waals surface area (Å²) >= 11 is 5.64. The van der Waals surface area contributed by atoms with Crippen LogP contribution >= 0.6 is 11.6 Å². The molecule has 1 rings (SSSR count). The number of esters is 1. The van der Waals surface area contributed by atoms with Gasteiger partial charge >= 0.3 is 5.97 Å². The molecule has 1 aromatic rings. The van der Waals surface area contributed by atoms with Crippen molar-refractivity contribution in [3.8, 4) is 6.07 Å². The van der Waals surface area contributed by atoms with Crippen LogP contribution in [-0.4, -0.2) is 17.6 Å². The highest BCUT2D eigenvalue weighted by atomic mass is 35.5. The largest absolute Gasteiger partial charge is 0.465 e. The number of hydrogen-bond donors (Lipinski definition) is 0. The fraction of sp³-hybridized carbons (Fsp3) is 0.300. The minimum atomic E-state index is -0.984. The van der Waals surface area contributed by atoms with E-state index in [1.54, 1.807) is 13.0 Å². The van der Waals surface area contributed by atoms with E-state index < -0.39 is 11.9 Å². The van der Waals surface area contributed by atoms with Gasteiger partial charge in [0.15, 0.2) is 5.92 Å². The fourth-order valence-corrected chi connectivity index (χ4v) is 1.13. The number of nitriles is 1. The third-order valence-corrected chi connectivity index (χ3v) is 1.92. The maximum absolute atomic E-state index is 11.3. The van der Waals surface area contributed by atoms with Crippen LogP contribution in [0.15, 0.2) is 18.3 Å². The molecule has 0 bridgehead atoms. The Kier molecular flexibility index (Phi) is 4.07. The molecule has 0 aliphatic heterocycles. The molecule has 0 saturated carbocycles. The van der Waals surface area contributed by atoms with Crippen molar-refractivity contribution in [3.63, 3.8) is 0 Å². The summed E-state index contributed by atoms with van der Waals surface area (Å²) in [5, 5.41) is 9.28. The molecule has 0 aliphatic rings. The summed E-state index contributed by atoms with van der Waals surface area (Å²) in [4.78, 5) is 15.2. The molecule has 0 amide bonds. The first-order valence-corrected chi connectivity index (χ1v) is 4.74. The van der Waals surface area contributed by atoms with Gasteiger partial charge in [-0.25, -0.2) is 0 Å². The number of aromatic nitrogens is 1. The van der Waals surface area contributed by atoms with E-state index in [2.05, 4.69) is 4.98 Å². The van der Waals surface area contributed by atoms with Gasteiger partial charge in [0.25, 0.3) is 0 Å². The van der Waals surface area contributed by atoms with Gasteiger partial charge in [-0.05, 0) is 19.1 Å². The van der Waals surface area contributed by atoms with E-state index in [0.29, 0.717) is 10.7 Å². The first kappa shape index (κ1) is 11.5. The van der Waals surface area contributed by atoms with Crippen LogP contribution in [0.4, 0.5) is 0 Å². The van der Waals surface area contributed by atoms with E-state index in [4.69, 9.17) is 21.6 Å². The Morgan fingerprint density at radius 2 is 2.47 bits per heavy atom. The highest BCUT2D eigenvalue weighted by Gasteiger charge is 2.22. The number of hydrogen-bond acceptors (Lipinski definition) is 4. The van der Waals surface area contributed by atoms with Crippen LogP contribution in [0.2, 0.25) is 5.02 Å². The summed E-state index contributed by atoms with van der Waals surface area (Å²) in [5.74, 6) is -1.57. The molecule has 0 fully saturated rings. The first-order chi connectivity index (χ1) is 7.19. The maximum atomic E-state index is 11.3. The molecule has 1 atom stereocenters. The average molecular weight is 225 g/mol. The second-order valence-electron chi connectivity index (χ2n) is 2.72. The van der Waals surface area contributed by atoms with Crippen molar-refractivity contribution < 1.29 is 9.53 Å². The van der Waals surface area contributed by atoms with Crippen molar-refractivity contribution in [2.75, 3.05) is 6.61 Å². The summed E-state index contributed by atoms with van der Waals surface area (Å²) in [6.45, 7) is 1.92. The number of rotatable bonds is 3. The lowest BCUT2D eigenvalue weighted by Gasteiger charge is -2.07. The molecule has 0 N–H and O–H groups in total. The van der Waals surface area contributed by atoms with Crippen LogP contribution in [0.25, 0.3) is 0 Å². The summed E-state index contributed by atoms with van der Waals surface area (Å²) in [5.41, 5.74) is 0.348. The van der Waals surface area contributed by atoms with Gasteiger partial charge in [0.2, 0.25) is 0 Å². The molecule has 0 aliphatic carbocycles. The summed E-state index contributed by atoms with van der Waals surface area (Å²) in [6, 6.07) is 4.95. The summed E-state index contributed by atoms with van der Waals surface area (Å²) in [7, 11) is 0. The molecule has 1 heterocycles. The normalized spacial score (nSPS) is 11.5. The van der Waals surface area contributed by atoms with Crippen molar-refractivity contribution in [1.82, 2.24) is 4.98 Å². The van der Waals surface area contributed by atoms with Gasteiger partial charge in [0.05, 0.1) is 23.4 Å².